The van der Waals surface area contributed by atoms with Crippen LogP contribution in [0.2, 0.25) is 0 Å². The molecule has 2 rings (SSSR count). The van der Waals surface area contributed by atoms with E-state index < -0.39 is 0 Å². The fraction of sp³-hybridized carbons (Fsp3) is 0.667. The van der Waals surface area contributed by atoms with Crippen molar-refractivity contribution in [3.63, 3.8) is 0 Å². The first kappa shape index (κ1) is 11.2. The number of H-pyrrole nitrogens is 1. The van der Waals surface area contributed by atoms with Crippen molar-refractivity contribution in [3.05, 3.63) is 17.0 Å². The molecule has 0 saturated heterocycles. The van der Waals surface area contributed by atoms with Gasteiger partial charge in [0.05, 0.1) is 17.9 Å². The van der Waals surface area contributed by atoms with Crippen molar-refractivity contribution >= 4 is 5.91 Å². The maximum absolute atomic E-state index is 11.9. The summed E-state index contributed by atoms with van der Waals surface area (Å²) in [5.41, 5.74) is 3.44. The van der Waals surface area contributed by atoms with Gasteiger partial charge in [-0.05, 0) is 5.92 Å². The highest BCUT2D eigenvalue weighted by atomic mass is 16.2. The van der Waals surface area contributed by atoms with Crippen LogP contribution in [0, 0.1) is 5.92 Å². The molecule has 0 atom stereocenters. The molecule has 1 amide bonds. The second kappa shape index (κ2) is 3.92. The van der Waals surface area contributed by atoms with E-state index in [9.17, 15) is 4.79 Å². The number of fused-ring (bicyclic) bond motifs is 1. The lowest BCUT2D eigenvalue weighted by Gasteiger charge is -2.18. The number of aromatic nitrogens is 2. The van der Waals surface area contributed by atoms with Gasteiger partial charge in [-0.3, -0.25) is 9.89 Å². The third-order valence-electron chi connectivity index (χ3n) is 3.04. The largest absolute Gasteiger partial charge is 0.332 e. The molecule has 16 heavy (non-hydrogen) atoms. The van der Waals surface area contributed by atoms with Crippen molar-refractivity contribution < 1.29 is 4.79 Å². The number of nitrogens with zero attached hydrogens (tertiary/aromatic N) is 2. The van der Waals surface area contributed by atoms with Gasteiger partial charge in [0.2, 0.25) is 5.91 Å². The highest BCUT2D eigenvalue weighted by Gasteiger charge is 2.29. The molecule has 0 aromatic carbocycles. The van der Waals surface area contributed by atoms with Gasteiger partial charge in [0.25, 0.3) is 0 Å². The molecule has 2 heterocycles. The Morgan fingerprint density at radius 3 is 2.56 bits per heavy atom. The van der Waals surface area contributed by atoms with Gasteiger partial charge >= 0.3 is 0 Å². The molecule has 0 unspecified atom stereocenters. The lowest BCUT2D eigenvalue weighted by Crippen LogP contribution is -2.29. The van der Waals surface area contributed by atoms with Crippen LogP contribution in [0.1, 0.15) is 50.6 Å². The second-order valence-electron chi connectivity index (χ2n) is 5.07. The van der Waals surface area contributed by atoms with Crippen LogP contribution in [0.3, 0.4) is 0 Å². The first-order chi connectivity index (χ1) is 7.50. The Morgan fingerprint density at radius 2 is 2.00 bits per heavy atom. The average molecular weight is 221 g/mol. The molecule has 1 aliphatic rings. The molecule has 1 aromatic heterocycles. The second-order valence-corrected chi connectivity index (χ2v) is 5.07. The van der Waals surface area contributed by atoms with Crippen molar-refractivity contribution in [2.24, 2.45) is 5.92 Å². The Bertz CT molecular complexity index is 406. The molecule has 0 bridgehead atoms. The summed E-state index contributed by atoms with van der Waals surface area (Å²) in [6, 6.07) is 0. The van der Waals surface area contributed by atoms with Gasteiger partial charge in [0.1, 0.15) is 0 Å². The molecule has 0 aliphatic carbocycles. The summed E-state index contributed by atoms with van der Waals surface area (Å²) in [5.74, 6) is 0.702. The van der Waals surface area contributed by atoms with Gasteiger partial charge < -0.3 is 4.90 Å². The van der Waals surface area contributed by atoms with Crippen LogP contribution < -0.4 is 0 Å². The number of rotatable bonds is 2. The van der Waals surface area contributed by atoms with Gasteiger partial charge in [-0.2, -0.15) is 5.10 Å². The van der Waals surface area contributed by atoms with E-state index in [0.29, 0.717) is 12.5 Å². The van der Waals surface area contributed by atoms with Crippen LogP contribution in [-0.2, 0) is 17.9 Å². The minimum absolute atomic E-state index is 0.0689. The van der Waals surface area contributed by atoms with E-state index in [4.69, 9.17) is 0 Å². The summed E-state index contributed by atoms with van der Waals surface area (Å²) in [6.07, 6.45) is 0. The van der Waals surface area contributed by atoms with E-state index in [2.05, 4.69) is 24.0 Å². The predicted octanol–water partition coefficient (Wildman–Crippen LogP) is 2.03. The Kier molecular flexibility index (Phi) is 2.74. The molecule has 4 nitrogen and oxygen atoms in total. The van der Waals surface area contributed by atoms with Crippen molar-refractivity contribution in [1.82, 2.24) is 15.1 Å². The van der Waals surface area contributed by atoms with Crippen molar-refractivity contribution in [2.45, 2.75) is 46.7 Å². The summed E-state index contributed by atoms with van der Waals surface area (Å²) in [6.45, 7) is 9.54. The monoisotopic (exact) mass is 221 g/mol. The number of amides is 1. The molecule has 0 saturated carbocycles. The number of aromatic amines is 1. The molecule has 88 valence electrons. The van der Waals surface area contributed by atoms with E-state index in [-0.39, 0.29) is 11.8 Å². The van der Waals surface area contributed by atoms with Gasteiger partial charge in [0, 0.05) is 18.0 Å². The average Bonchev–Trinajstić information content (AvgIpc) is 2.73. The first-order valence-electron chi connectivity index (χ1n) is 5.85. The fourth-order valence-electron chi connectivity index (χ4n) is 2.16. The van der Waals surface area contributed by atoms with E-state index >= 15 is 0 Å². The molecule has 4 heteroatoms. The molecule has 1 N–H and O–H groups in total. The summed E-state index contributed by atoms with van der Waals surface area (Å²) < 4.78 is 0. The van der Waals surface area contributed by atoms with Gasteiger partial charge in [-0.15, -0.1) is 0 Å². The van der Waals surface area contributed by atoms with Crippen LogP contribution in [0.25, 0.3) is 0 Å². The summed E-state index contributed by atoms with van der Waals surface area (Å²) in [4.78, 5) is 13.8. The molecule has 1 aromatic rings. The fourth-order valence-corrected chi connectivity index (χ4v) is 2.16. The summed E-state index contributed by atoms with van der Waals surface area (Å²) in [7, 11) is 0. The predicted molar refractivity (Wildman–Crippen MR) is 61.8 cm³/mol. The van der Waals surface area contributed by atoms with Crippen molar-refractivity contribution in [2.75, 3.05) is 0 Å². The Labute approximate surface area is 96.0 Å². The van der Waals surface area contributed by atoms with Crippen molar-refractivity contribution in [3.8, 4) is 0 Å². The maximum Gasteiger partial charge on any atom is 0.225 e. The van der Waals surface area contributed by atoms with Gasteiger partial charge in [0.15, 0.2) is 0 Å². The number of carbonyl (C=O) groups is 1. The van der Waals surface area contributed by atoms with Crippen LogP contribution in [0.4, 0.5) is 0 Å². The number of nitrogens with one attached hydrogen (secondary N) is 1. The third-order valence-corrected chi connectivity index (χ3v) is 3.04. The summed E-state index contributed by atoms with van der Waals surface area (Å²) >= 11 is 0. The van der Waals surface area contributed by atoms with Crippen LogP contribution in [0.5, 0.6) is 0 Å². The first-order valence-corrected chi connectivity index (χ1v) is 5.85. The number of hydrogen-bond acceptors (Lipinski definition) is 2. The molecular weight excluding hydrogens is 202 g/mol. The zero-order valence-electron chi connectivity index (χ0n) is 10.4. The lowest BCUT2D eigenvalue weighted by atomic mass is 10.1. The van der Waals surface area contributed by atoms with Crippen molar-refractivity contribution in [1.29, 1.82) is 0 Å². The molecule has 0 spiro atoms. The third kappa shape index (κ3) is 1.72. The minimum atomic E-state index is 0.0689. The van der Waals surface area contributed by atoms with E-state index in [1.807, 2.05) is 18.7 Å². The standard InChI is InChI=1S/C12H19N3O/c1-7(2)11-9-5-15(12(16)8(3)4)6-10(9)13-14-11/h7-8H,5-6H2,1-4H3,(H,13,14). The van der Waals surface area contributed by atoms with E-state index in [1.54, 1.807) is 0 Å². The van der Waals surface area contributed by atoms with Gasteiger partial charge in [-0.25, -0.2) is 0 Å². The zero-order chi connectivity index (χ0) is 11.9. The summed E-state index contributed by atoms with van der Waals surface area (Å²) in [5, 5.41) is 7.36. The van der Waals surface area contributed by atoms with Crippen LogP contribution in [-0.4, -0.2) is 21.0 Å². The Morgan fingerprint density at radius 1 is 1.31 bits per heavy atom. The van der Waals surface area contributed by atoms with Crippen LogP contribution in [0.15, 0.2) is 0 Å². The number of hydrogen-bond donors (Lipinski definition) is 1. The van der Waals surface area contributed by atoms with E-state index in [1.165, 1.54) is 5.56 Å². The molecular formula is C12H19N3O. The van der Waals surface area contributed by atoms with Gasteiger partial charge in [-0.1, -0.05) is 27.7 Å². The van der Waals surface area contributed by atoms with E-state index in [0.717, 1.165) is 17.9 Å². The normalized spacial score (nSPS) is 15.0. The Hall–Kier alpha value is -1.32. The highest BCUT2D eigenvalue weighted by Crippen LogP contribution is 2.28. The quantitative estimate of drug-likeness (QED) is 0.830. The minimum Gasteiger partial charge on any atom is -0.332 e. The number of carbonyl (C=O) groups excluding carboxylic acids is 1. The molecule has 1 aliphatic heterocycles. The molecule has 0 fully saturated rings. The topological polar surface area (TPSA) is 49.0 Å². The highest BCUT2D eigenvalue weighted by molar-refractivity contribution is 5.78. The lowest BCUT2D eigenvalue weighted by molar-refractivity contribution is -0.135. The zero-order valence-corrected chi connectivity index (χ0v) is 10.4. The Balaban J connectivity index is 2.19. The molecule has 0 radical (unpaired) electrons. The van der Waals surface area contributed by atoms with Crippen LogP contribution >= 0.6 is 0 Å². The smallest absolute Gasteiger partial charge is 0.225 e. The maximum atomic E-state index is 11.9. The SMILES string of the molecule is CC(C)C(=O)N1Cc2[nH]nc(C(C)C)c2C1.